The van der Waals surface area contributed by atoms with Crippen LogP contribution in [0.4, 0.5) is 25.2 Å². The molecule has 2 rings (SSSR count). The molecule has 0 radical (unpaired) electrons. The van der Waals surface area contributed by atoms with Gasteiger partial charge in [-0.25, -0.2) is 0 Å². The number of rotatable bonds is 4. The fourth-order valence-electron chi connectivity index (χ4n) is 3.96. The van der Waals surface area contributed by atoms with Crippen molar-refractivity contribution in [3.05, 3.63) is 0 Å². The Labute approximate surface area is 141 Å². The molecular weight excluding hydrogens is 351 g/mol. The van der Waals surface area contributed by atoms with Crippen LogP contribution in [-0.2, 0) is 0 Å². The molecule has 0 heterocycles. The van der Waals surface area contributed by atoms with Crippen molar-refractivity contribution in [3.63, 3.8) is 0 Å². The molecule has 0 aromatic carbocycles. The molecular formula is C16H32F6NP. The predicted octanol–water partition coefficient (Wildman–Crippen LogP) is 6.87. The van der Waals surface area contributed by atoms with E-state index >= 15 is 0 Å². The van der Waals surface area contributed by atoms with Crippen molar-refractivity contribution in [2.24, 2.45) is 11.8 Å². The first-order valence-electron chi connectivity index (χ1n) is 9.18. The monoisotopic (exact) mass is 383 g/mol. The van der Waals surface area contributed by atoms with Crippen molar-refractivity contribution in [2.45, 2.75) is 90.1 Å². The van der Waals surface area contributed by atoms with Gasteiger partial charge in [-0.05, 0) is 63.2 Å². The summed E-state index contributed by atoms with van der Waals surface area (Å²) in [7, 11) is -10.7. The predicted molar refractivity (Wildman–Crippen MR) is 87.6 cm³/mol. The third-order valence-electron chi connectivity index (χ3n) is 5.48. The Hall–Kier alpha value is -0.0300. The average Bonchev–Trinajstić information content (AvgIpc) is 2.46. The molecule has 8 heteroatoms. The second kappa shape index (κ2) is 7.69. The van der Waals surface area contributed by atoms with Crippen molar-refractivity contribution >= 4 is 7.81 Å². The van der Waals surface area contributed by atoms with E-state index in [-0.39, 0.29) is 0 Å². The Bertz CT molecular complexity index is 333. The summed E-state index contributed by atoms with van der Waals surface area (Å²) in [6.07, 6.45) is 14.8. The fourth-order valence-corrected chi connectivity index (χ4v) is 3.96. The van der Waals surface area contributed by atoms with Crippen molar-refractivity contribution in [1.29, 1.82) is 0 Å². The zero-order valence-corrected chi connectivity index (χ0v) is 15.6. The summed E-state index contributed by atoms with van der Waals surface area (Å²) in [4.78, 5) is 0. The zero-order chi connectivity index (χ0) is 18.5. The van der Waals surface area contributed by atoms with E-state index in [1.165, 1.54) is 64.2 Å². The third-order valence-corrected chi connectivity index (χ3v) is 5.48. The van der Waals surface area contributed by atoms with E-state index in [1.54, 1.807) is 0 Å². The normalized spacial score (nSPS) is 34.5. The van der Waals surface area contributed by atoms with Crippen LogP contribution in [0.15, 0.2) is 0 Å². The standard InChI is InChI=1S/C16H31N.F6P/c1-3-13-5-9-15(10-6-13)17-16-11-7-14(4-2)8-12-16;1-7(2,3,4,5)6/h13-17H,3-12H2,1-2H3;/q;-1/p+1. The number of quaternary nitrogens is 1. The molecule has 2 aliphatic rings. The van der Waals surface area contributed by atoms with Gasteiger partial charge >= 0.3 is 33.0 Å². The Morgan fingerprint density at radius 2 is 0.875 bits per heavy atom. The SMILES string of the molecule is CCC1CCC([NH2+]C2CCC(CC)CC2)CC1.F[P-](F)(F)(F)(F)F. The second-order valence-electron chi connectivity index (χ2n) is 7.53. The van der Waals surface area contributed by atoms with Crippen LogP contribution in [0.1, 0.15) is 78.1 Å². The number of hydrogen-bond donors (Lipinski definition) is 1. The zero-order valence-electron chi connectivity index (χ0n) is 14.7. The van der Waals surface area contributed by atoms with Crippen LogP contribution in [0.3, 0.4) is 0 Å². The molecule has 0 spiro atoms. The molecule has 2 N–H and O–H groups in total. The van der Waals surface area contributed by atoms with Gasteiger partial charge in [0.15, 0.2) is 0 Å². The molecule has 0 aromatic rings. The fraction of sp³-hybridized carbons (Fsp3) is 1.00. The minimum atomic E-state index is -10.7. The molecule has 148 valence electrons. The van der Waals surface area contributed by atoms with Gasteiger partial charge in [0.1, 0.15) is 0 Å². The van der Waals surface area contributed by atoms with E-state index < -0.39 is 7.81 Å². The first kappa shape index (κ1) is 22.0. The van der Waals surface area contributed by atoms with Gasteiger partial charge in [-0.15, -0.1) is 0 Å². The topological polar surface area (TPSA) is 16.6 Å². The number of nitrogens with two attached hydrogens (primary N) is 1. The van der Waals surface area contributed by atoms with Crippen molar-refractivity contribution in [3.8, 4) is 0 Å². The summed E-state index contributed by atoms with van der Waals surface area (Å²) in [5.74, 6) is 2.10. The van der Waals surface area contributed by atoms with E-state index in [0.717, 1.165) is 23.9 Å². The summed E-state index contributed by atoms with van der Waals surface area (Å²) < 4.78 is 59.2. The molecule has 2 aliphatic carbocycles. The molecule has 0 amide bonds. The van der Waals surface area contributed by atoms with Gasteiger partial charge in [-0.2, -0.15) is 0 Å². The first-order chi connectivity index (χ1) is 10.8. The van der Waals surface area contributed by atoms with E-state index in [9.17, 15) is 25.2 Å². The molecule has 0 aliphatic heterocycles. The van der Waals surface area contributed by atoms with Crippen LogP contribution < -0.4 is 5.32 Å². The Morgan fingerprint density at radius 3 is 1.08 bits per heavy atom. The van der Waals surface area contributed by atoms with Gasteiger partial charge in [0.05, 0.1) is 12.1 Å². The van der Waals surface area contributed by atoms with Gasteiger partial charge in [0.2, 0.25) is 0 Å². The second-order valence-corrected chi connectivity index (χ2v) is 9.45. The van der Waals surface area contributed by atoms with Crippen molar-refractivity contribution < 1.29 is 30.5 Å². The van der Waals surface area contributed by atoms with Gasteiger partial charge < -0.3 is 5.32 Å². The molecule has 0 bridgehead atoms. The van der Waals surface area contributed by atoms with Crippen molar-refractivity contribution in [1.82, 2.24) is 0 Å². The Balaban J connectivity index is 0.000000351. The van der Waals surface area contributed by atoms with E-state index in [0.29, 0.717) is 0 Å². The maximum atomic E-state index is 9.87. The van der Waals surface area contributed by atoms with Gasteiger partial charge in [-0.3, -0.25) is 0 Å². The van der Waals surface area contributed by atoms with Crippen LogP contribution in [0.2, 0.25) is 0 Å². The molecule has 24 heavy (non-hydrogen) atoms. The van der Waals surface area contributed by atoms with Gasteiger partial charge in [0, 0.05) is 0 Å². The molecule has 2 saturated carbocycles. The van der Waals surface area contributed by atoms with E-state index in [1.807, 2.05) is 0 Å². The number of halogens is 6. The molecule has 2 fully saturated rings. The minimum absolute atomic E-state index is 0.973. The molecule has 0 unspecified atom stereocenters. The molecule has 0 saturated heterocycles. The Kier molecular flexibility index (Phi) is 7.05. The van der Waals surface area contributed by atoms with E-state index in [4.69, 9.17) is 0 Å². The van der Waals surface area contributed by atoms with Gasteiger partial charge in [-0.1, -0.05) is 26.7 Å². The molecule has 0 atom stereocenters. The van der Waals surface area contributed by atoms with Crippen LogP contribution in [0.5, 0.6) is 0 Å². The first-order valence-corrected chi connectivity index (χ1v) is 11.2. The summed E-state index contributed by atoms with van der Waals surface area (Å²) in [6, 6.07) is 1.95. The summed E-state index contributed by atoms with van der Waals surface area (Å²) in [5.41, 5.74) is 0. The van der Waals surface area contributed by atoms with Crippen LogP contribution in [0.25, 0.3) is 0 Å². The number of hydrogen-bond acceptors (Lipinski definition) is 0. The summed E-state index contributed by atoms with van der Waals surface area (Å²) in [6.45, 7) is 4.72. The van der Waals surface area contributed by atoms with Crippen LogP contribution >= 0.6 is 7.81 Å². The summed E-state index contributed by atoms with van der Waals surface area (Å²) in [5, 5.41) is 2.76. The molecule has 0 aromatic heterocycles. The third kappa shape index (κ3) is 12.3. The Morgan fingerprint density at radius 1 is 0.625 bits per heavy atom. The van der Waals surface area contributed by atoms with E-state index in [2.05, 4.69) is 19.2 Å². The quantitative estimate of drug-likeness (QED) is 0.403. The van der Waals surface area contributed by atoms with Crippen molar-refractivity contribution in [2.75, 3.05) is 0 Å². The van der Waals surface area contributed by atoms with Crippen LogP contribution in [0, 0.1) is 11.8 Å². The van der Waals surface area contributed by atoms with Crippen LogP contribution in [-0.4, -0.2) is 12.1 Å². The summed E-state index contributed by atoms with van der Waals surface area (Å²) >= 11 is 0. The van der Waals surface area contributed by atoms with Gasteiger partial charge in [0.25, 0.3) is 0 Å². The average molecular weight is 383 g/mol. The maximum absolute atomic E-state index is 10.7. The molecule has 1 nitrogen and oxygen atoms in total.